The van der Waals surface area contributed by atoms with Crippen LogP contribution in [0.3, 0.4) is 0 Å². The summed E-state index contributed by atoms with van der Waals surface area (Å²) in [6.45, 7) is 0. The summed E-state index contributed by atoms with van der Waals surface area (Å²) in [6.07, 6.45) is 8.02. The molecule has 0 bridgehead atoms. The third kappa shape index (κ3) is 3.57. The number of benzene rings is 1. The third-order valence-electron chi connectivity index (χ3n) is 4.09. The van der Waals surface area contributed by atoms with Gasteiger partial charge in [0.2, 0.25) is 0 Å². The molecule has 2 rings (SSSR count). The van der Waals surface area contributed by atoms with E-state index in [0.717, 1.165) is 5.56 Å². The zero-order valence-electron chi connectivity index (χ0n) is 13.8. The van der Waals surface area contributed by atoms with Crippen molar-refractivity contribution in [3.05, 3.63) is 60.2 Å². The van der Waals surface area contributed by atoms with Crippen LogP contribution < -0.4 is 0 Å². The molecule has 4 heteroatoms. The number of hydrogen-bond acceptors (Lipinski definition) is 4. The first kappa shape index (κ1) is 17.6. The molecule has 0 N–H and O–H groups in total. The van der Waals surface area contributed by atoms with Crippen LogP contribution in [0.5, 0.6) is 0 Å². The van der Waals surface area contributed by atoms with E-state index in [1.54, 1.807) is 0 Å². The molecule has 4 nitrogen and oxygen atoms in total. The molecular formula is C20H20O4. The number of carbonyl (C=O) groups is 2. The molecule has 124 valence electrons. The van der Waals surface area contributed by atoms with E-state index >= 15 is 0 Å². The molecule has 24 heavy (non-hydrogen) atoms. The van der Waals surface area contributed by atoms with Crippen LogP contribution in [0.1, 0.15) is 18.4 Å². The van der Waals surface area contributed by atoms with E-state index in [0.29, 0.717) is 6.42 Å². The molecule has 0 amide bonds. The average Bonchev–Trinajstić information content (AvgIpc) is 2.65. The first-order valence-electron chi connectivity index (χ1n) is 7.69. The van der Waals surface area contributed by atoms with E-state index in [2.05, 4.69) is 11.8 Å². The standard InChI is InChI=1S/C20H20O4/c1-23-18(21)20(19(22)24-2,17-13-7-4-8-14-17)15-9-12-16-10-5-3-6-11-16/h3-8,10-11,13,17H,14-15H2,1-2H3. The van der Waals surface area contributed by atoms with Crippen molar-refractivity contribution in [2.75, 3.05) is 14.2 Å². The second-order valence-electron chi connectivity index (χ2n) is 5.45. The van der Waals surface area contributed by atoms with Gasteiger partial charge in [-0.25, -0.2) is 0 Å². The Hall–Kier alpha value is -2.80. The molecule has 0 saturated heterocycles. The van der Waals surface area contributed by atoms with Gasteiger partial charge in [0.05, 0.1) is 14.2 Å². The first-order chi connectivity index (χ1) is 11.6. The maximum atomic E-state index is 12.5. The molecule has 0 radical (unpaired) electrons. The molecule has 1 atom stereocenters. The zero-order chi connectivity index (χ0) is 17.4. The first-order valence-corrected chi connectivity index (χ1v) is 7.69. The lowest BCUT2D eigenvalue weighted by molar-refractivity contribution is -0.172. The fourth-order valence-corrected chi connectivity index (χ4v) is 2.78. The van der Waals surface area contributed by atoms with E-state index in [1.165, 1.54) is 14.2 Å². The number of esters is 2. The smallest absolute Gasteiger partial charge is 0.324 e. The second-order valence-corrected chi connectivity index (χ2v) is 5.45. The highest BCUT2D eigenvalue weighted by Crippen LogP contribution is 2.39. The highest BCUT2D eigenvalue weighted by Gasteiger charge is 2.53. The summed E-state index contributed by atoms with van der Waals surface area (Å²) in [5.74, 6) is 4.35. The van der Waals surface area contributed by atoms with E-state index in [-0.39, 0.29) is 12.3 Å². The predicted molar refractivity (Wildman–Crippen MR) is 90.8 cm³/mol. The van der Waals surface area contributed by atoms with Gasteiger partial charge in [0.1, 0.15) is 0 Å². The molecular weight excluding hydrogens is 304 g/mol. The van der Waals surface area contributed by atoms with Crippen molar-refractivity contribution in [3.63, 3.8) is 0 Å². The fourth-order valence-electron chi connectivity index (χ4n) is 2.78. The number of carbonyl (C=O) groups excluding carboxylic acids is 2. The average molecular weight is 324 g/mol. The van der Waals surface area contributed by atoms with Crippen LogP contribution in [0.25, 0.3) is 0 Å². The normalized spacial score (nSPS) is 16.0. The molecule has 0 saturated carbocycles. The number of rotatable bonds is 4. The van der Waals surface area contributed by atoms with Crippen molar-refractivity contribution >= 4 is 11.9 Å². The Morgan fingerprint density at radius 1 is 1.12 bits per heavy atom. The summed E-state index contributed by atoms with van der Waals surface area (Å²) < 4.78 is 9.86. The highest BCUT2D eigenvalue weighted by atomic mass is 16.5. The Balaban J connectivity index is 2.39. The van der Waals surface area contributed by atoms with Crippen molar-refractivity contribution < 1.29 is 19.1 Å². The topological polar surface area (TPSA) is 52.6 Å². The molecule has 1 aromatic rings. The quantitative estimate of drug-likeness (QED) is 0.485. The summed E-state index contributed by atoms with van der Waals surface area (Å²) in [7, 11) is 2.54. The molecule has 1 aliphatic carbocycles. The van der Waals surface area contributed by atoms with Gasteiger partial charge in [-0.1, -0.05) is 54.3 Å². The predicted octanol–water partition coefficient (Wildman–Crippen LogP) is 2.89. The van der Waals surface area contributed by atoms with Gasteiger partial charge in [-0.15, -0.1) is 0 Å². The number of hydrogen-bond donors (Lipinski definition) is 0. The van der Waals surface area contributed by atoms with Crippen LogP contribution in [0.15, 0.2) is 54.6 Å². The lowest BCUT2D eigenvalue weighted by atomic mass is 9.70. The lowest BCUT2D eigenvalue weighted by Crippen LogP contribution is -2.46. The van der Waals surface area contributed by atoms with Gasteiger partial charge < -0.3 is 9.47 Å². The van der Waals surface area contributed by atoms with Crippen molar-refractivity contribution in [1.29, 1.82) is 0 Å². The number of allylic oxidation sites excluding steroid dienone is 4. The van der Waals surface area contributed by atoms with Crippen LogP contribution >= 0.6 is 0 Å². The fraction of sp³-hybridized carbons (Fsp3) is 0.300. The van der Waals surface area contributed by atoms with E-state index in [1.807, 2.05) is 54.6 Å². The van der Waals surface area contributed by atoms with Crippen molar-refractivity contribution in [2.45, 2.75) is 12.8 Å². The van der Waals surface area contributed by atoms with E-state index in [9.17, 15) is 9.59 Å². The minimum absolute atomic E-state index is 0.0318. The molecule has 0 aromatic heterocycles. The van der Waals surface area contributed by atoms with Gasteiger partial charge in [-0.2, -0.15) is 0 Å². The SMILES string of the molecule is COC(=O)C(CC#Cc1ccccc1)(C(=O)OC)C1C=CC=CC1. The van der Waals surface area contributed by atoms with Crippen molar-refractivity contribution in [3.8, 4) is 11.8 Å². The molecule has 1 aromatic carbocycles. The van der Waals surface area contributed by atoms with Crippen LogP contribution in [-0.4, -0.2) is 26.2 Å². The number of methoxy groups -OCH3 is 2. The largest absolute Gasteiger partial charge is 0.468 e. The summed E-state index contributed by atoms with van der Waals surface area (Å²) in [5, 5.41) is 0. The van der Waals surface area contributed by atoms with Gasteiger partial charge in [0.25, 0.3) is 0 Å². The summed E-state index contributed by atoms with van der Waals surface area (Å²) >= 11 is 0. The number of ether oxygens (including phenoxy) is 2. The Morgan fingerprint density at radius 3 is 2.33 bits per heavy atom. The zero-order valence-corrected chi connectivity index (χ0v) is 13.8. The van der Waals surface area contributed by atoms with E-state index in [4.69, 9.17) is 9.47 Å². The van der Waals surface area contributed by atoms with Gasteiger partial charge in [0, 0.05) is 17.9 Å². The Morgan fingerprint density at radius 2 is 1.79 bits per heavy atom. The van der Waals surface area contributed by atoms with Gasteiger partial charge in [0.15, 0.2) is 5.41 Å². The molecule has 0 spiro atoms. The summed E-state index contributed by atoms with van der Waals surface area (Å²) in [5.41, 5.74) is -0.646. The molecule has 0 aliphatic heterocycles. The summed E-state index contributed by atoms with van der Waals surface area (Å²) in [4.78, 5) is 25.1. The van der Waals surface area contributed by atoms with Gasteiger partial charge >= 0.3 is 11.9 Å². The van der Waals surface area contributed by atoms with Crippen LogP contribution in [-0.2, 0) is 19.1 Å². The second kappa shape index (κ2) is 8.16. The molecule has 1 aliphatic rings. The summed E-state index contributed by atoms with van der Waals surface area (Å²) in [6, 6.07) is 9.40. The highest BCUT2D eigenvalue weighted by molar-refractivity contribution is 6.01. The monoisotopic (exact) mass is 324 g/mol. The molecule has 0 fully saturated rings. The van der Waals surface area contributed by atoms with Crippen molar-refractivity contribution in [1.82, 2.24) is 0 Å². The third-order valence-corrected chi connectivity index (χ3v) is 4.09. The van der Waals surface area contributed by atoms with Crippen molar-refractivity contribution in [2.24, 2.45) is 11.3 Å². The van der Waals surface area contributed by atoms with Crippen LogP contribution in [0.2, 0.25) is 0 Å². The lowest BCUT2D eigenvalue weighted by Gasteiger charge is -2.33. The van der Waals surface area contributed by atoms with Gasteiger partial charge in [-0.05, 0) is 18.6 Å². The molecule has 1 unspecified atom stereocenters. The van der Waals surface area contributed by atoms with Crippen LogP contribution in [0.4, 0.5) is 0 Å². The Bertz CT molecular complexity index is 688. The molecule has 0 heterocycles. The minimum Gasteiger partial charge on any atom is -0.468 e. The van der Waals surface area contributed by atoms with E-state index < -0.39 is 17.4 Å². The minimum atomic E-state index is -1.47. The maximum absolute atomic E-state index is 12.5. The maximum Gasteiger partial charge on any atom is 0.324 e. The Labute approximate surface area is 142 Å². The van der Waals surface area contributed by atoms with Crippen LogP contribution in [0, 0.1) is 23.2 Å². The Kier molecular flexibility index (Phi) is 5.97. The van der Waals surface area contributed by atoms with Gasteiger partial charge in [-0.3, -0.25) is 9.59 Å².